The number of aryl methyl sites for hydroxylation is 2. The number of aromatic nitrogens is 4. The van der Waals surface area contributed by atoms with E-state index in [2.05, 4.69) is 74.1 Å². The van der Waals surface area contributed by atoms with Gasteiger partial charge in [0.1, 0.15) is 0 Å². The molecule has 1 aliphatic carbocycles. The molecule has 1 aromatic heterocycles. The fraction of sp³-hybridized carbons (Fsp3) is 0.435. The van der Waals surface area contributed by atoms with Crippen LogP contribution in [0.5, 0.6) is 0 Å². The van der Waals surface area contributed by atoms with Crippen LogP contribution in [0.2, 0.25) is 0 Å². The first-order chi connectivity index (χ1) is 13.9. The number of nitrogens with one attached hydrogen (secondary N) is 1. The normalized spacial score (nSPS) is 18.9. The lowest BCUT2D eigenvalue weighted by atomic mass is 9.69. The molecule has 1 fully saturated rings. The molecule has 0 amide bonds. The molecule has 5 heteroatoms. The van der Waals surface area contributed by atoms with Crippen molar-refractivity contribution >= 4 is 0 Å². The van der Waals surface area contributed by atoms with Gasteiger partial charge in [-0.15, -0.1) is 5.10 Å². The molecule has 0 bridgehead atoms. The van der Waals surface area contributed by atoms with Crippen molar-refractivity contribution in [1.82, 2.24) is 25.5 Å². The van der Waals surface area contributed by atoms with Gasteiger partial charge in [-0.25, -0.2) is 5.10 Å². The van der Waals surface area contributed by atoms with Crippen LogP contribution in [0.15, 0.2) is 48.5 Å². The molecule has 0 spiro atoms. The second kappa shape index (κ2) is 7.47. The van der Waals surface area contributed by atoms with Crippen LogP contribution in [-0.2, 0) is 18.3 Å². The van der Waals surface area contributed by atoms with Crippen LogP contribution in [0.25, 0.3) is 0 Å². The van der Waals surface area contributed by atoms with Gasteiger partial charge in [0.25, 0.3) is 0 Å². The first kappa shape index (κ1) is 17.6. The van der Waals surface area contributed by atoms with Crippen molar-refractivity contribution in [3.05, 3.63) is 76.6 Å². The molecule has 0 atom stereocenters. The summed E-state index contributed by atoms with van der Waals surface area (Å²) in [5.41, 5.74) is 5.21. The van der Waals surface area contributed by atoms with Gasteiger partial charge in [0, 0.05) is 0 Å². The molecule has 0 saturated carbocycles. The van der Waals surface area contributed by atoms with Gasteiger partial charge >= 0.3 is 0 Å². The molecule has 3 aromatic rings. The molecular formula is C23H27N5. The summed E-state index contributed by atoms with van der Waals surface area (Å²) in [6.07, 6.45) is 7.08. The molecule has 1 aliphatic heterocycles. The van der Waals surface area contributed by atoms with E-state index in [-0.39, 0.29) is 5.41 Å². The Hall–Kier alpha value is -2.53. The number of tetrazole rings is 1. The maximum absolute atomic E-state index is 4.48. The lowest BCUT2D eigenvalue weighted by molar-refractivity contribution is 0.215. The van der Waals surface area contributed by atoms with Crippen LogP contribution >= 0.6 is 0 Å². The van der Waals surface area contributed by atoms with Crippen molar-refractivity contribution in [3.8, 4) is 0 Å². The highest BCUT2D eigenvalue weighted by Crippen LogP contribution is 2.45. The van der Waals surface area contributed by atoms with Crippen LogP contribution < -0.4 is 0 Å². The summed E-state index contributed by atoms with van der Waals surface area (Å²) in [6.45, 7) is 3.46. The number of rotatable bonds is 4. The molecule has 0 radical (unpaired) electrons. The number of fused-ring (bicyclic) bond motifs is 2. The van der Waals surface area contributed by atoms with Gasteiger partial charge in [0.15, 0.2) is 5.82 Å². The number of likely N-dealkylation sites (tertiary alicyclic amines) is 1. The minimum Gasteiger partial charge on any atom is -0.303 e. The first-order valence-electron chi connectivity index (χ1n) is 10.5. The van der Waals surface area contributed by atoms with Crippen LogP contribution in [-0.4, -0.2) is 45.2 Å². The largest absolute Gasteiger partial charge is 0.303 e. The number of benzene rings is 2. The molecule has 2 heterocycles. The molecule has 144 valence electrons. The predicted molar refractivity (Wildman–Crippen MR) is 109 cm³/mol. The number of H-pyrrole nitrogens is 1. The van der Waals surface area contributed by atoms with Crippen molar-refractivity contribution in [2.24, 2.45) is 0 Å². The van der Waals surface area contributed by atoms with E-state index in [9.17, 15) is 0 Å². The van der Waals surface area contributed by atoms with Gasteiger partial charge in [-0.2, -0.15) is 0 Å². The highest BCUT2D eigenvalue weighted by atomic mass is 15.5. The summed E-state index contributed by atoms with van der Waals surface area (Å²) < 4.78 is 0. The summed E-state index contributed by atoms with van der Waals surface area (Å²) in [6, 6.07) is 17.8. The van der Waals surface area contributed by atoms with E-state index in [0.29, 0.717) is 0 Å². The quantitative estimate of drug-likeness (QED) is 0.760. The molecule has 0 unspecified atom stereocenters. The van der Waals surface area contributed by atoms with Crippen LogP contribution in [0.1, 0.15) is 53.8 Å². The lowest BCUT2D eigenvalue weighted by Crippen LogP contribution is -2.39. The third-order valence-electron chi connectivity index (χ3n) is 6.62. The molecule has 1 N–H and O–H groups in total. The number of aromatic amines is 1. The number of hydrogen-bond acceptors (Lipinski definition) is 4. The van der Waals surface area contributed by atoms with E-state index in [0.717, 1.165) is 31.6 Å². The Morgan fingerprint density at radius 1 is 0.857 bits per heavy atom. The average Bonchev–Trinajstić information content (AvgIpc) is 3.26. The number of nitrogens with zero attached hydrogens (tertiary/aromatic N) is 4. The Morgan fingerprint density at radius 2 is 1.50 bits per heavy atom. The van der Waals surface area contributed by atoms with Gasteiger partial charge < -0.3 is 4.90 Å². The Labute approximate surface area is 166 Å². The highest BCUT2D eigenvalue weighted by molar-refractivity contribution is 5.54. The first-order valence-corrected chi connectivity index (χ1v) is 10.5. The fourth-order valence-electron chi connectivity index (χ4n) is 5.22. The van der Waals surface area contributed by atoms with Crippen molar-refractivity contribution in [2.45, 2.75) is 43.9 Å². The fourth-order valence-corrected chi connectivity index (χ4v) is 5.22. The van der Waals surface area contributed by atoms with Crippen molar-refractivity contribution < 1.29 is 0 Å². The molecule has 1 saturated heterocycles. The van der Waals surface area contributed by atoms with E-state index in [1.807, 2.05) is 0 Å². The van der Waals surface area contributed by atoms with E-state index in [4.69, 9.17) is 0 Å². The third kappa shape index (κ3) is 2.94. The zero-order chi connectivity index (χ0) is 18.8. The topological polar surface area (TPSA) is 57.7 Å². The molecule has 5 rings (SSSR count). The minimum absolute atomic E-state index is 0.329. The number of hydrogen-bond donors (Lipinski definition) is 1. The van der Waals surface area contributed by atoms with Crippen molar-refractivity contribution in [2.75, 3.05) is 19.6 Å². The van der Waals surface area contributed by atoms with Gasteiger partial charge in [-0.05, 0) is 84.4 Å². The van der Waals surface area contributed by atoms with Crippen LogP contribution in [0.3, 0.4) is 0 Å². The van der Waals surface area contributed by atoms with Crippen LogP contribution in [0.4, 0.5) is 0 Å². The van der Waals surface area contributed by atoms with E-state index in [1.165, 1.54) is 54.6 Å². The Morgan fingerprint density at radius 3 is 2.11 bits per heavy atom. The summed E-state index contributed by atoms with van der Waals surface area (Å²) >= 11 is 0. The van der Waals surface area contributed by atoms with Gasteiger partial charge in [0.05, 0.1) is 5.41 Å². The van der Waals surface area contributed by atoms with Crippen molar-refractivity contribution in [1.29, 1.82) is 0 Å². The zero-order valence-corrected chi connectivity index (χ0v) is 16.3. The van der Waals surface area contributed by atoms with Gasteiger partial charge in [-0.1, -0.05) is 55.0 Å². The average molecular weight is 374 g/mol. The second-order valence-corrected chi connectivity index (χ2v) is 8.12. The van der Waals surface area contributed by atoms with E-state index < -0.39 is 0 Å². The summed E-state index contributed by atoms with van der Waals surface area (Å²) in [5.74, 6) is 0.867. The third-order valence-corrected chi connectivity index (χ3v) is 6.62. The number of piperidine rings is 1. The summed E-state index contributed by atoms with van der Waals surface area (Å²) in [4.78, 5) is 2.62. The minimum atomic E-state index is -0.329. The van der Waals surface area contributed by atoms with Gasteiger partial charge in [-0.3, -0.25) is 0 Å². The Kier molecular flexibility index (Phi) is 4.69. The molecule has 2 aromatic carbocycles. The standard InChI is InChI=1S/C23H27N5/c1-6-15-28(16-7-1)17-14-23(22-24-26-27-25-22)20-10-4-2-8-18(20)12-13-19-9-3-5-11-21(19)23/h2-5,8-11H,1,6-7,12-17H2,(H,24,25,26,27). The molecule has 5 nitrogen and oxygen atoms in total. The van der Waals surface area contributed by atoms with Crippen LogP contribution in [0, 0.1) is 0 Å². The Bertz CT molecular complexity index is 880. The maximum Gasteiger partial charge on any atom is 0.163 e. The van der Waals surface area contributed by atoms with E-state index in [1.54, 1.807) is 0 Å². The predicted octanol–water partition coefficient (Wildman–Crippen LogP) is 3.51. The summed E-state index contributed by atoms with van der Waals surface area (Å²) in [5, 5.41) is 15.6. The molecular weight excluding hydrogens is 346 g/mol. The Balaban J connectivity index is 1.68. The molecule has 2 aliphatic rings. The SMILES string of the molecule is c1ccc2c(c1)CCc1ccccc1C2(CCN1CCCCC1)c1nnn[nH]1. The molecule has 28 heavy (non-hydrogen) atoms. The maximum atomic E-state index is 4.48. The monoisotopic (exact) mass is 373 g/mol. The summed E-state index contributed by atoms with van der Waals surface area (Å²) in [7, 11) is 0. The van der Waals surface area contributed by atoms with Gasteiger partial charge in [0.2, 0.25) is 0 Å². The smallest absolute Gasteiger partial charge is 0.163 e. The highest BCUT2D eigenvalue weighted by Gasteiger charge is 2.43. The van der Waals surface area contributed by atoms with Crippen molar-refractivity contribution in [3.63, 3.8) is 0 Å². The van der Waals surface area contributed by atoms with E-state index >= 15 is 0 Å². The lowest BCUT2D eigenvalue weighted by Gasteiger charge is -2.37. The second-order valence-electron chi connectivity index (χ2n) is 8.12. The zero-order valence-electron chi connectivity index (χ0n) is 16.3.